The van der Waals surface area contributed by atoms with Gasteiger partial charge in [0.2, 0.25) is 0 Å². The van der Waals surface area contributed by atoms with Crippen LogP contribution in [0.4, 0.5) is 5.82 Å². The standard InChI is InChI=1S/C19H18N6O3S/c1-24(2)29(27,28)23-18-7-15-12(8-21-18)4-5-17-16(19(15)26)6-13(9-20-17)14-10-22-25(3)11-14/h4-11H,1-3H3,(H,21,23). The molecule has 9 nitrogen and oxygen atoms in total. The maximum atomic E-state index is 13.3. The Morgan fingerprint density at radius 2 is 1.79 bits per heavy atom. The Hall–Kier alpha value is -3.37. The van der Waals surface area contributed by atoms with Crippen LogP contribution in [0.3, 0.4) is 0 Å². The number of rotatable bonds is 4. The van der Waals surface area contributed by atoms with Crippen LogP contribution in [0.25, 0.3) is 32.8 Å². The fraction of sp³-hybridized carbons (Fsp3) is 0.158. The first-order chi connectivity index (χ1) is 13.7. The van der Waals surface area contributed by atoms with E-state index in [1.807, 2.05) is 13.2 Å². The van der Waals surface area contributed by atoms with Gasteiger partial charge in [0.1, 0.15) is 5.82 Å². The zero-order valence-electron chi connectivity index (χ0n) is 16.0. The van der Waals surface area contributed by atoms with Crippen LogP contribution in [-0.2, 0) is 17.3 Å². The van der Waals surface area contributed by atoms with Crippen molar-refractivity contribution in [2.45, 2.75) is 0 Å². The lowest BCUT2D eigenvalue weighted by Gasteiger charge is -2.12. The van der Waals surface area contributed by atoms with Crippen molar-refractivity contribution in [2.75, 3.05) is 18.8 Å². The molecule has 0 radical (unpaired) electrons. The fourth-order valence-electron chi connectivity index (χ4n) is 2.91. The van der Waals surface area contributed by atoms with Crippen LogP contribution in [0, 0.1) is 0 Å². The molecule has 0 aliphatic rings. The van der Waals surface area contributed by atoms with Crippen LogP contribution in [0.15, 0.2) is 53.8 Å². The first-order valence-electron chi connectivity index (χ1n) is 8.67. The molecule has 148 valence electrons. The van der Waals surface area contributed by atoms with Gasteiger partial charge in [-0.1, -0.05) is 6.07 Å². The normalized spacial score (nSPS) is 12.0. The molecule has 4 rings (SSSR count). The quantitative estimate of drug-likeness (QED) is 0.549. The SMILES string of the molecule is CN(C)S(=O)(=O)Nc1cc2c(=O)c3cc(-c4cnn(C)c4)cnc3ccc2cn1. The molecule has 3 heterocycles. The summed E-state index contributed by atoms with van der Waals surface area (Å²) < 4.78 is 29.2. The van der Waals surface area contributed by atoms with Crippen molar-refractivity contribution < 1.29 is 8.42 Å². The molecule has 0 amide bonds. The van der Waals surface area contributed by atoms with Crippen LogP contribution in [0.2, 0.25) is 0 Å². The highest BCUT2D eigenvalue weighted by Gasteiger charge is 2.15. The summed E-state index contributed by atoms with van der Waals surface area (Å²) in [7, 11) is 0.887. The van der Waals surface area contributed by atoms with E-state index < -0.39 is 10.2 Å². The summed E-state index contributed by atoms with van der Waals surface area (Å²) in [5.74, 6) is 0.0685. The molecule has 1 aromatic carbocycles. The van der Waals surface area contributed by atoms with Gasteiger partial charge in [-0.05, 0) is 18.2 Å². The predicted octanol–water partition coefficient (Wildman–Crippen LogP) is 1.76. The number of anilines is 1. The summed E-state index contributed by atoms with van der Waals surface area (Å²) in [5, 5.41) is 5.51. The van der Waals surface area contributed by atoms with Crippen molar-refractivity contribution in [3.63, 3.8) is 0 Å². The molecule has 1 N–H and O–H groups in total. The molecule has 0 aliphatic heterocycles. The van der Waals surface area contributed by atoms with Gasteiger partial charge < -0.3 is 0 Å². The maximum Gasteiger partial charge on any atom is 0.302 e. The van der Waals surface area contributed by atoms with Crippen LogP contribution in [0.5, 0.6) is 0 Å². The molecule has 4 aromatic rings. The monoisotopic (exact) mass is 410 g/mol. The summed E-state index contributed by atoms with van der Waals surface area (Å²) in [4.78, 5) is 21.8. The van der Waals surface area contributed by atoms with Gasteiger partial charge >= 0.3 is 10.2 Å². The van der Waals surface area contributed by atoms with Crippen molar-refractivity contribution in [1.29, 1.82) is 0 Å². The molecule has 0 saturated carbocycles. The van der Waals surface area contributed by atoms with Crippen molar-refractivity contribution in [3.05, 3.63) is 59.3 Å². The molecule has 0 saturated heterocycles. The molecule has 29 heavy (non-hydrogen) atoms. The van der Waals surface area contributed by atoms with Gasteiger partial charge in [-0.15, -0.1) is 0 Å². The fourth-order valence-corrected chi connectivity index (χ4v) is 3.47. The minimum Gasteiger partial charge on any atom is -0.289 e. The lowest BCUT2D eigenvalue weighted by atomic mass is 10.1. The molecular formula is C19H18N6O3S. The van der Waals surface area contributed by atoms with E-state index in [1.165, 1.54) is 26.4 Å². The number of hydrogen-bond acceptors (Lipinski definition) is 6. The smallest absolute Gasteiger partial charge is 0.289 e. The van der Waals surface area contributed by atoms with Gasteiger partial charge in [-0.2, -0.15) is 17.8 Å². The zero-order chi connectivity index (χ0) is 20.8. The van der Waals surface area contributed by atoms with E-state index in [1.54, 1.807) is 35.3 Å². The Labute approximate surface area is 166 Å². The molecule has 0 spiro atoms. The van der Waals surface area contributed by atoms with Gasteiger partial charge in [0.25, 0.3) is 0 Å². The molecule has 0 unspecified atom stereocenters. The average Bonchev–Trinajstić information content (AvgIpc) is 3.06. The number of pyridine rings is 2. The topological polar surface area (TPSA) is 110 Å². The van der Waals surface area contributed by atoms with E-state index in [-0.39, 0.29) is 11.2 Å². The summed E-state index contributed by atoms with van der Waals surface area (Å²) in [5.41, 5.74) is 1.89. The predicted molar refractivity (Wildman–Crippen MR) is 112 cm³/mol. The van der Waals surface area contributed by atoms with Crippen molar-refractivity contribution in [3.8, 4) is 11.1 Å². The number of aromatic nitrogens is 4. The highest BCUT2D eigenvalue weighted by Crippen LogP contribution is 2.22. The van der Waals surface area contributed by atoms with Gasteiger partial charge in [-0.25, -0.2) is 4.98 Å². The number of nitrogens with zero attached hydrogens (tertiary/aromatic N) is 5. The Balaban J connectivity index is 1.93. The van der Waals surface area contributed by atoms with E-state index in [9.17, 15) is 13.2 Å². The van der Waals surface area contributed by atoms with Gasteiger partial charge in [-0.3, -0.25) is 19.2 Å². The highest BCUT2D eigenvalue weighted by atomic mass is 32.2. The van der Waals surface area contributed by atoms with Gasteiger partial charge in [0.05, 0.1) is 11.7 Å². The Kier molecular flexibility index (Phi) is 4.52. The summed E-state index contributed by atoms with van der Waals surface area (Å²) in [6.07, 6.45) is 6.70. The Morgan fingerprint density at radius 3 is 2.48 bits per heavy atom. The maximum absolute atomic E-state index is 13.3. The van der Waals surface area contributed by atoms with Crippen LogP contribution >= 0.6 is 0 Å². The number of aryl methyl sites for hydroxylation is 1. The van der Waals surface area contributed by atoms with Gasteiger partial charge in [0, 0.05) is 67.0 Å². The zero-order valence-corrected chi connectivity index (χ0v) is 16.8. The van der Waals surface area contributed by atoms with Gasteiger partial charge in [0.15, 0.2) is 5.43 Å². The second-order valence-electron chi connectivity index (χ2n) is 6.77. The van der Waals surface area contributed by atoms with E-state index in [4.69, 9.17) is 0 Å². The lowest BCUT2D eigenvalue weighted by molar-refractivity contribution is 0.526. The molecule has 0 atom stereocenters. The number of fused-ring (bicyclic) bond motifs is 2. The van der Waals surface area contributed by atoms with E-state index in [0.717, 1.165) is 15.4 Å². The number of hydrogen-bond donors (Lipinski definition) is 1. The summed E-state index contributed by atoms with van der Waals surface area (Å²) in [6.45, 7) is 0. The van der Waals surface area contributed by atoms with Crippen LogP contribution < -0.4 is 10.2 Å². The van der Waals surface area contributed by atoms with Crippen molar-refractivity contribution >= 4 is 37.7 Å². The van der Waals surface area contributed by atoms with Crippen LogP contribution in [0.1, 0.15) is 0 Å². The third kappa shape index (κ3) is 3.55. The first-order valence-corrected chi connectivity index (χ1v) is 10.1. The molecular weight excluding hydrogens is 392 g/mol. The second kappa shape index (κ2) is 6.90. The summed E-state index contributed by atoms with van der Waals surface area (Å²) in [6, 6.07) is 6.70. The molecule has 0 bridgehead atoms. The third-order valence-corrected chi connectivity index (χ3v) is 5.94. The highest BCUT2D eigenvalue weighted by molar-refractivity contribution is 7.90. The Morgan fingerprint density at radius 1 is 1.00 bits per heavy atom. The lowest BCUT2D eigenvalue weighted by Crippen LogP contribution is -2.29. The largest absolute Gasteiger partial charge is 0.302 e. The minimum atomic E-state index is -3.74. The first kappa shape index (κ1) is 19.0. The van der Waals surface area contributed by atoms with E-state index in [0.29, 0.717) is 21.7 Å². The molecule has 3 aromatic heterocycles. The molecule has 0 aliphatic carbocycles. The summed E-state index contributed by atoms with van der Waals surface area (Å²) >= 11 is 0. The van der Waals surface area contributed by atoms with Crippen LogP contribution in [-0.4, -0.2) is 46.6 Å². The number of nitrogens with one attached hydrogen (secondary N) is 1. The Bertz CT molecular complexity index is 1410. The molecule has 10 heteroatoms. The van der Waals surface area contributed by atoms with Crippen molar-refractivity contribution in [2.24, 2.45) is 7.05 Å². The minimum absolute atomic E-state index is 0.0685. The third-order valence-electron chi connectivity index (χ3n) is 4.52. The average molecular weight is 410 g/mol. The second-order valence-corrected chi connectivity index (χ2v) is 8.65. The molecule has 0 fully saturated rings. The van der Waals surface area contributed by atoms with Crippen molar-refractivity contribution in [1.82, 2.24) is 24.1 Å². The van der Waals surface area contributed by atoms with E-state index in [2.05, 4.69) is 19.8 Å². The van der Waals surface area contributed by atoms with E-state index >= 15 is 0 Å².